The van der Waals surface area contributed by atoms with Crippen LogP contribution in [0.5, 0.6) is 0 Å². The molecule has 1 fully saturated rings. The molecule has 0 radical (unpaired) electrons. The van der Waals surface area contributed by atoms with E-state index in [1.165, 1.54) is 5.69 Å². The van der Waals surface area contributed by atoms with E-state index in [2.05, 4.69) is 40.6 Å². The topological polar surface area (TPSA) is 74.5 Å². The Hall–Kier alpha value is -2.10. The summed E-state index contributed by atoms with van der Waals surface area (Å²) in [6, 6.07) is 11.9. The van der Waals surface area contributed by atoms with Crippen molar-refractivity contribution in [1.29, 1.82) is 0 Å². The molecule has 2 N–H and O–H groups in total. The van der Waals surface area contributed by atoms with Crippen molar-refractivity contribution in [2.24, 2.45) is 10.9 Å². The number of para-hydroxylation sites is 1. The lowest BCUT2D eigenvalue weighted by molar-refractivity contribution is -0.117. The van der Waals surface area contributed by atoms with Crippen LogP contribution in [0.1, 0.15) is 24.7 Å². The van der Waals surface area contributed by atoms with Gasteiger partial charge < -0.3 is 15.5 Å². The third-order valence-electron chi connectivity index (χ3n) is 4.96. The van der Waals surface area contributed by atoms with Crippen LogP contribution in [0.2, 0.25) is 0 Å². The molecule has 1 aromatic heterocycles. The van der Waals surface area contributed by atoms with Crippen molar-refractivity contribution in [3.05, 3.63) is 47.8 Å². The van der Waals surface area contributed by atoms with E-state index < -0.39 is 0 Å². The second kappa shape index (κ2) is 10.6. The minimum atomic E-state index is 0. The Bertz CT molecular complexity index is 835. The Kier molecular flexibility index (Phi) is 8.48. The van der Waals surface area contributed by atoms with Crippen molar-refractivity contribution in [1.82, 2.24) is 20.4 Å². The highest BCUT2D eigenvalue weighted by Crippen LogP contribution is 2.20. The minimum absolute atomic E-state index is 0. The van der Waals surface area contributed by atoms with Crippen LogP contribution in [-0.4, -0.2) is 47.8 Å². The third-order valence-corrected chi connectivity index (χ3v) is 4.96. The first-order valence-electron chi connectivity index (χ1n) is 9.80. The molecule has 8 heteroatoms. The van der Waals surface area contributed by atoms with Gasteiger partial charge in [0.05, 0.1) is 11.7 Å². The van der Waals surface area contributed by atoms with E-state index in [4.69, 9.17) is 0 Å². The largest absolute Gasteiger partial charge is 0.356 e. The van der Waals surface area contributed by atoms with Crippen molar-refractivity contribution in [3.8, 4) is 0 Å². The van der Waals surface area contributed by atoms with Gasteiger partial charge >= 0.3 is 0 Å². The first-order valence-corrected chi connectivity index (χ1v) is 9.80. The molecule has 0 bridgehead atoms. The van der Waals surface area contributed by atoms with Crippen LogP contribution >= 0.6 is 24.0 Å². The molecule has 7 nitrogen and oxygen atoms in total. The van der Waals surface area contributed by atoms with Gasteiger partial charge in [0.25, 0.3) is 0 Å². The normalized spacial score (nSPS) is 17.8. The predicted octanol–water partition coefficient (Wildman–Crippen LogP) is 2.72. The first-order chi connectivity index (χ1) is 13.5. The molecule has 1 aliphatic rings. The van der Waals surface area contributed by atoms with Crippen LogP contribution < -0.4 is 15.5 Å². The van der Waals surface area contributed by atoms with E-state index in [1.54, 1.807) is 7.05 Å². The summed E-state index contributed by atoms with van der Waals surface area (Å²) in [6.07, 6.45) is 0.469. The summed E-state index contributed by atoms with van der Waals surface area (Å²) in [7, 11) is 1.76. The van der Waals surface area contributed by atoms with Crippen LogP contribution in [-0.2, 0) is 11.3 Å². The molecule has 1 saturated heterocycles. The fraction of sp³-hybridized carbons (Fsp3) is 0.476. The number of aryl methyl sites for hydroxylation is 2. The van der Waals surface area contributed by atoms with Gasteiger partial charge in [-0.1, -0.05) is 25.1 Å². The molecule has 0 aliphatic carbocycles. The van der Waals surface area contributed by atoms with E-state index in [-0.39, 0.29) is 35.9 Å². The Balaban J connectivity index is 0.00000300. The zero-order valence-electron chi connectivity index (χ0n) is 17.6. The summed E-state index contributed by atoms with van der Waals surface area (Å²) in [5.74, 6) is 1.26. The van der Waals surface area contributed by atoms with Crippen LogP contribution in [0.4, 0.5) is 5.69 Å². The molecule has 0 spiro atoms. The number of nitrogens with one attached hydrogen (secondary N) is 2. The zero-order valence-corrected chi connectivity index (χ0v) is 19.9. The molecule has 1 aromatic carbocycles. The number of amides is 1. The number of carbonyl (C=O) groups excluding carboxylic acids is 1. The van der Waals surface area contributed by atoms with Gasteiger partial charge in [-0.2, -0.15) is 5.10 Å². The molecular formula is C21H31IN6O. The van der Waals surface area contributed by atoms with Gasteiger partial charge in [-0.3, -0.25) is 14.5 Å². The maximum atomic E-state index is 12.4. The van der Waals surface area contributed by atoms with Crippen molar-refractivity contribution in [3.63, 3.8) is 0 Å². The quantitative estimate of drug-likeness (QED) is 0.356. The van der Waals surface area contributed by atoms with Crippen molar-refractivity contribution < 1.29 is 4.79 Å². The number of halogens is 1. The van der Waals surface area contributed by atoms with Gasteiger partial charge in [-0.25, -0.2) is 0 Å². The van der Waals surface area contributed by atoms with Crippen molar-refractivity contribution in [2.75, 3.05) is 25.0 Å². The average Bonchev–Trinajstić information content (AvgIpc) is 3.20. The molecule has 1 aliphatic heterocycles. The van der Waals surface area contributed by atoms with Crippen LogP contribution in [0, 0.1) is 19.8 Å². The predicted molar refractivity (Wildman–Crippen MR) is 128 cm³/mol. The lowest BCUT2D eigenvalue weighted by atomic mass is 10.2. The number of nitrogens with zero attached hydrogens (tertiary/aromatic N) is 4. The van der Waals surface area contributed by atoms with Gasteiger partial charge in [0.1, 0.15) is 0 Å². The Labute approximate surface area is 190 Å². The molecule has 2 unspecified atom stereocenters. The summed E-state index contributed by atoms with van der Waals surface area (Å²) < 4.78 is 2.05. The summed E-state index contributed by atoms with van der Waals surface area (Å²) in [5, 5.41) is 11.3. The minimum Gasteiger partial charge on any atom is -0.356 e. The Morgan fingerprint density at radius 3 is 2.66 bits per heavy atom. The summed E-state index contributed by atoms with van der Waals surface area (Å²) in [4.78, 5) is 18.5. The summed E-state index contributed by atoms with van der Waals surface area (Å²) in [5.41, 5.74) is 3.17. The highest BCUT2D eigenvalue weighted by Gasteiger charge is 2.31. The fourth-order valence-electron chi connectivity index (χ4n) is 3.54. The maximum Gasteiger partial charge on any atom is 0.229 e. The molecule has 2 atom stereocenters. The van der Waals surface area contributed by atoms with Crippen LogP contribution in [0.25, 0.3) is 0 Å². The molecule has 2 aromatic rings. The van der Waals surface area contributed by atoms with Gasteiger partial charge in [0.2, 0.25) is 5.91 Å². The van der Waals surface area contributed by atoms with Crippen LogP contribution in [0.15, 0.2) is 41.4 Å². The standard InChI is InChI=1S/C21H30N6O.HI/c1-15(13-27-17(3)10-16(2)25-27)12-23-21(22-4)24-18-11-20(28)26(14-18)19-8-6-5-7-9-19;/h5-10,15,18H,11-14H2,1-4H3,(H2,22,23,24);1H. The number of hydrogen-bond donors (Lipinski definition) is 2. The number of carbonyl (C=O) groups is 1. The fourth-order valence-corrected chi connectivity index (χ4v) is 3.54. The first kappa shape index (κ1) is 23.2. The van der Waals surface area contributed by atoms with E-state index in [0.717, 1.165) is 30.4 Å². The smallest absolute Gasteiger partial charge is 0.229 e. The molecular weight excluding hydrogens is 479 g/mol. The van der Waals surface area contributed by atoms with Gasteiger partial charge in [-0.05, 0) is 38.0 Å². The number of aliphatic imine (C=N–C) groups is 1. The summed E-state index contributed by atoms with van der Waals surface area (Å²) >= 11 is 0. The van der Waals surface area contributed by atoms with Crippen molar-refractivity contribution >= 4 is 41.5 Å². The van der Waals surface area contributed by atoms with E-state index in [1.807, 2.05) is 46.8 Å². The summed E-state index contributed by atoms with van der Waals surface area (Å²) in [6.45, 7) is 8.56. The van der Waals surface area contributed by atoms with Gasteiger partial charge in [0, 0.05) is 44.5 Å². The third kappa shape index (κ3) is 6.19. The zero-order chi connectivity index (χ0) is 20.1. The molecule has 0 saturated carbocycles. The molecule has 158 valence electrons. The van der Waals surface area contributed by atoms with Crippen LogP contribution in [0.3, 0.4) is 0 Å². The van der Waals surface area contributed by atoms with E-state index in [0.29, 0.717) is 18.9 Å². The highest BCUT2D eigenvalue weighted by atomic mass is 127. The monoisotopic (exact) mass is 510 g/mol. The highest BCUT2D eigenvalue weighted by molar-refractivity contribution is 14.0. The number of benzene rings is 1. The second-order valence-electron chi connectivity index (χ2n) is 7.55. The number of anilines is 1. The molecule has 2 heterocycles. The lowest BCUT2D eigenvalue weighted by Gasteiger charge is -2.20. The average molecular weight is 510 g/mol. The Morgan fingerprint density at radius 1 is 1.31 bits per heavy atom. The second-order valence-corrected chi connectivity index (χ2v) is 7.55. The molecule has 1 amide bonds. The molecule has 3 rings (SSSR count). The van der Waals surface area contributed by atoms with Gasteiger partial charge in [0.15, 0.2) is 5.96 Å². The number of aromatic nitrogens is 2. The Morgan fingerprint density at radius 2 is 2.03 bits per heavy atom. The number of guanidine groups is 1. The number of hydrogen-bond acceptors (Lipinski definition) is 3. The number of rotatable bonds is 6. The van der Waals surface area contributed by atoms with Gasteiger partial charge in [-0.15, -0.1) is 24.0 Å². The lowest BCUT2D eigenvalue weighted by Crippen LogP contribution is -2.46. The SMILES string of the molecule is CN=C(NCC(C)Cn1nc(C)cc1C)NC1CC(=O)N(c2ccccc2)C1.I. The molecule has 29 heavy (non-hydrogen) atoms. The maximum absolute atomic E-state index is 12.4. The van der Waals surface area contributed by atoms with E-state index >= 15 is 0 Å². The van der Waals surface area contributed by atoms with E-state index in [9.17, 15) is 4.79 Å². The van der Waals surface area contributed by atoms with Crippen molar-refractivity contribution in [2.45, 2.75) is 39.8 Å².